The molecule has 0 bridgehead atoms. The molecule has 1 unspecified atom stereocenters. The minimum atomic E-state index is -0.632. The minimum absolute atomic E-state index is 0.298. The molecule has 21 heavy (non-hydrogen) atoms. The van der Waals surface area contributed by atoms with E-state index >= 15 is 0 Å². The van der Waals surface area contributed by atoms with Crippen LogP contribution in [-0.2, 0) is 4.79 Å². The lowest BCUT2D eigenvalue weighted by Gasteiger charge is -2.13. The second kappa shape index (κ2) is 6.83. The lowest BCUT2D eigenvalue weighted by atomic mass is 10.2. The monoisotopic (exact) mass is 323 g/mol. The number of halogens is 2. The van der Waals surface area contributed by atoms with Gasteiger partial charge in [-0.05, 0) is 43.7 Å². The van der Waals surface area contributed by atoms with Crippen molar-refractivity contribution in [2.24, 2.45) is 0 Å². The molecule has 3 nitrogen and oxygen atoms in total. The summed E-state index contributed by atoms with van der Waals surface area (Å²) in [6.45, 7) is 3.58. The molecule has 0 aliphatic carbocycles. The second-order valence-electron chi connectivity index (χ2n) is 4.66. The number of rotatable bonds is 4. The van der Waals surface area contributed by atoms with E-state index in [0.717, 1.165) is 5.56 Å². The molecule has 5 heteroatoms. The van der Waals surface area contributed by atoms with Gasteiger partial charge in [0.2, 0.25) is 5.91 Å². The molecule has 2 rings (SSSR count). The Morgan fingerprint density at radius 2 is 2.00 bits per heavy atom. The fraction of sp³-hybridized carbons (Fsp3) is 0.188. The van der Waals surface area contributed by atoms with E-state index in [2.05, 4.69) is 5.32 Å². The third kappa shape index (κ3) is 4.38. The number of aryl methyl sites for hydroxylation is 1. The SMILES string of the molecule is Cc1cccc(Oc2cc(Cl)ccc2NC(=O)C(C)Cl)c1. The van der Waals surface area contributed by atoms with Crippen LogP contribution in [0.15, 0.2) is 42.5 Å². The highest BCUT2D eigenvalue weighted by Crippen LogP contribution is 2.32. The van der Waals surface area contributed by atoms with Gasteiger partial charge in [-0.1, -0.05) is 23.7 Å². The van der Waals surface area contributed by atoms with E-state index in [9.17, 15) is 4.79 Å². The van der Waals surface area contributed by atoms with Crippen molar-refractivity contribution >= 4 is 34.8 Å². The Labute approximate surface area is 133 Å². The van der Waals surface area contributed by atoms with Crippen LogP contribution >= 0.6 is 23.2 Å². The van der Waals surface area contributed by atoms with Crippen molar-refractivity contribution < 1.29 is 9.53 Å². The van der Waals surface area contributed by atoms with Crippen LogP contribution in [0.2, 0.25) is 5.02 Å². The molecule has 1 N–H and O–H groups in total. The number of amides is 1. The van der Waals surface area contributed by atoms with Gasteiger partial charge in [0.15, 0.2) is 5.75 Å². The summed E-state index contributed by atoms with van der Waals surface area (Å²) < 4.78 is 5.81. The average Bonchev–Trinajstić information content (AvgIpc) is 2.41. The van der Waals surface area contributed by atoms with Gasteiger partial charge in [-0.15, -0.1) is 11.6 Å². The summed E-state index contributed by atoms with van der Waals surface area (Å²) >= 11 is 11.8. The smallest absolute Gasteiger partial charge is 0.242 e. The first-order chi connectivity index (χ1) is 9.95. The second-order valence-corrected chi connectivity index (χ2v) is 5.76. The summed E-state index contributed by atoms with van der Waals surface area (Å²) in [5.74, 6) is 0.846. The molecule has 0 aromatic heterocycles. The van der Waals surface area contributed by atoms with E-state index < -0.39 is 5.38 Å². The van der Waals surface area contributed by atoms with Crippen LogP contribution in [0, 0.1) is 6.92 Å². The predicted molar refractivity (Wildman–Crippen MR) is 86.6 cm³/mol. The molecule has 0 fully saturated rings. The van der Waals surface area contributed by atoms with Crippen LogP contribution in [0.3, 0.4) is 0 Å². The van der Waals surface area contributed by atoms with Gasteiger partial charge < -0.3 is 10.1 Å². The van der Waals surface area contributed by atoms with E-state index in [0.29, 0.717) is 22.2 Å². The summed E-state index contributed by atoms with van der Waals surface area (Å²) in [5.41, 5.74) is 1.60. The number of carbonyl (C=O) groups excluding carboxylic acids is 1. The zero-order valence-electron chi connectivity index (χ0n) is 11.7. The zero-order chi connectivity index (χ0) is 15.4. The molecule has 0 aliphatic heterocycles. The fourth-order valence-corrected chi connectivity index (χ4v) is 1.94. The third-order valence-electron chi connectivity index (χ3n) is 2.78. The quantitative estimate of drug-likeness (QED) is 0.803. The Morgan fingerprint density at radius 1 is 1.24 bits per heavy atom. The first-order valence-electron chi connectivity index (χ1n) is 6.44. The lowest BCUT2D eigenvalue weighted by Crippen LogP contribution is -2.20. The van der Waals surface area contributed by atoms with Crippen molar-refractivity contribution in [1.29, 1.82) is 0 Å². The van der Waals surface area contributed by atoms with Crippen molar-refractivity contribution in [2.75, 3.05) is 5.32 Å². The van der Waals surface area contributed by atoms with Crippen molar-refractivity contribution in [3.05, 3.63) is 53.1 Å². The topological polar surface area (TPSA) is 38.3 Å². The number of alkyl halides is 1. The Kier molecular flexibility index (Phi) is 5.10. The molecule has 0 heterocycles. The van der Waals surface area contributed by atoms with Crippen LogP contribution in [0.1, 0.15) is 12.5 Å². The van der Waals surface area contributed by atoms with Gasteiger partial charge in [0.1, 0.15) is 11.1 Å². The third-order valence-corrected chi connectivity index (χ3v) is 3.21. The highest BCUT2D eigenvalue weighted by atomic mass is 35.5. The van der Waals surface area contributed by atoms with Crippen LogP contribution in [0.25, 0.3) is 0 Å². The highest BCUT2D eigenvalue weighted by molar-refractivity contribution is 6.32. The van der Waals surface area contributed by atoms with Gasteiger partial charge in [0, 0.05) is 11.1 Å². The molecule has 0 saturated carbocycles. The van der Waals surface area contributed by atoms with E-state index in [4.69, 9.17) is 27.9 Å². The van der Waals surface area contributed by atoms with Crippen molar-refractivity contribution in [2.45, 2.75) is 19.2 Å². The van der Waals surface area contributed by atoms with Gasteiger partial charge >= 0.3 is 0 Å². The summed E-state index contributed by atoms with van der Waals surface area (Å²) in [6.07, 6.45) is 0. The van der Waals surface area contributed by atoms with Crippen molar-refractivity contribution in [1.82, 2.24) is 0 Å². The fourth-order valence-electron chi connectivity index (χ4n) is 1.72. The number of anilines is 1. The first-order valence-corrected chi connectivity index (χ1v) is 7.26. The number of carbonyl (C=O) groups is 1. The number of hydrogen-bond donors (Lipinski definition) is 1. The van der Waals surface area contributed by atoms with Crippen LogP contribution in [-0.4, -0.2) is 11.3 Å². The maximum absolute atomic E-state index is 11.7. The molecule has 0 spiro atoms. The number of nitrogens with one attached hydrogen (secondary N) is 1. The molecular formula is C16H15Cl2NO2. The molecule has 110 valence electrons. The Bertz CT molecular complexity index is 656. The van der Waals surface area contributed by atoms with E-state index in [-0.39, 0.29) is 5.91 Å². The molecule has 1 atom stereocenters. The molecule has 0 radical (unpaired) electrons. The summed E-state index contributed by atoms with van der Waals surface area (Å²) in [7, 11) is 0. The first kappa shape index (κ1) is 15.7. The Morgan fingerprint density at radius 3 is 2.67 bits per heavy atom. The molecule has 0 saturated heterocycles. The molecule has 2 aromatic rings. The largest absolute Gasteiger partial charge is 0.455 e. The summed E-state index contributed by atoms with van der Waals surface area (Å²) in [5, 5.41) is 2.61. The average molecular weight is 324 g/mol. The van der Waals surface area contributed by atoms with Gasteiger partial charge in [-0.2, -0.15) is 0 Å². The normalized spacial score (nSPS) is 11.8. The molecule has 2 aromatic carbocycles. The van der Waals surface area contributed by atoms with Crippen LogP contribution in [0.5, 0.6) is 11.5 Å². The van der Waals surface area contributed by atoms with Gasteiger partial charge in [0.05, 0.1) is 5.69 Å². The van der Waals surface area contributed by atoms with E-state index in [1.807, 2.05) is 31.2 Å². The summed E-state index contributed by atoms with van der Waals surface area (Å²) in [4.78, 5) is 11.7. The molecular weight excluding hydrogens is 309 g/mol. The number of hydrogen-bond acceptors (Lipinski definition) is 2. The standard InChI is InChI=1S/C16H15Cl2NO2/c1-10-4-3-5-13(8-10)21-15-9-12(18)6-7-14(15)19-16(20)11(2)17/h3-9,11H,1-2H3,(H,19,20). The maximum Gasteiger partial charge on any atom is 0.242 e. The molecule has 0 aliphatic rings. The van der Waals surface area contributed by atoms with E-state index in [1.54, 1.807) is 25.1 Å². The lowest BCUT2D eigenvalue weighted by molar-refractivity contribution is -0.115. The van der Waals surface area contributed by atoms with Crippen LogP contribution in [0.4, 0.5) is 5.69 Å². The minimum Gasteiger partial charge on any atom is -0.455 e. The highest BCUT2D eigenvalue weighted by Gasteiger charge is 2.13. The van der Waals surface area contributed by atoms with Gasteiger partial charge in [-0.25, -0.2) is 0 Å². The Balaban J connectivity index is 2.29. The maximum atomic E-state index is 11.7. The van der Waals surface area contributed by atoms with E-state index in [1.165, 1.54) is 0 Å². The number of benzene rings is 2. The Hall–Kier alpha value is -1.71. The van der Waals surface area contributed by atoms with Crippen LogP contribution < -0.4 is 10.1 Å². The van der Waals surface area contributed by atoms with Gasteiger partial charge in [0.25, 0.3) is 0 Å². The number of ether oxygens (including phenoxy) is 1. The zero-order valence-corrected chi connectivity index (χ0v) is 13.2. The van der Waals surface area contributed by atoms with Crippen molar-refractivity contribution in [3.8, 4) is 11.5 Å². The van der Waals surface area contributed by atoms with Crippen molar-refractivity contribution in [3.63, 3.8) is 0 Å². The summed E-state index contributed by atoms with van der Waals surface area (Å²) in [6, 6.07) is 12.6. The molecule has 1 amide bonds. The van der Waals surface area contributed by atoms with Gasteiger partial charge in [-0.3, -0.25) is 4.79 Å². The predicted octanol–water partition coefficient (Wildman–Crippen LogP) is 5.01.